The van der Waals surface area contributed by atoms with E-state index in [9.17, 15) is 13.6 Å². The highest BCUT2D eigenvalue weighted by Gasteiger charge is 2.13. The van der Waals surface area contributed by atoms with Crippen LogP contribution in [0.25, 0.3) is 0 Å². The maximum absolute atomic E-state index is 13.2. The van der Waals surface area contributed by atoms with Crippen molar-refractivity contribution in [3.8, 4) is 0 Å². The number of furan rings is 1. The third-order valence-corrected chi connectivity index (χ3v) is 2.03. The number of carbonyl (C=O) groups excluding carboxylic acids is 1. The van der Waals surface area contributed by atoms with E-state index in [1.54, 1.807) is 0 Å². The second-order valence-electron chi connectivity index (χ2n) is 3.28. The van der Waals surface area contributed by atoms with E-state index >= 15 is 0 Å². The quantitative estimate of drug-likeness (QED) is 0.844. The number of anilines is 2. The molecule has 0 aliphatic carbocycles. The van der Waals surface area contributed by atoms with E-state index in [-0.39, 0.29) is 17.3 Å². The number of rotatable bonds is 2. The first kappa shape index (κ1) is 11.1. The summed E-state index contributed by atoms with van der Waals surface area (Å²) in [5.74, 6) is -2.10. The Labute approximate surface area is 95.0 Å². The summed E-state index contributed by atoms with van der Waals surface area (Å²) < 4.78 is 30.9. The molecule has 0 bridgehead atoms. The molecular weight excluding hydrogens is 230 g/mol. The van der Waals surface area contributed by atoms with Gasteiger partial charge in [0.2, 0.25) is 0 Å². The molecule has 1 aromatic heterocycles. The van der Waals surface area contributed by atoms with Crippen molar-refractivity contribution in [2.45, 2.75) is 0 Å². The van der Waals surface area contributed by atoms with Crippen molar-refractivity contribution in [2.75, 3.05) is 11.1 Å². The SMILES string of the molecule is Nc1ccc(C(=O)Nc2cc(F)ccc2F)o1. The van der Waals surface area contributed by atoms with Crippen molar-refractivity contribution in [3.05, 3.63) is 47.7 Å². The average molecular weight is 238 g/mol. The molecular formula is C11H8F2N2O2. The summed E-state index contributed by atoms with van der Waals surface area (Å²) in [6.45, 7) is 0. The average Bonchev–Trinajstić information content (AvgIpc) is 2.70. The van der Waals surface area contributed by atoms with Crippen LogP contribution in [0.15, 0.2) is 34.7 Å². The highest BCUT2D eigenvalue weighted by molar-refractivity contribution is 6.02. The highest BCUT2D eigenvalue weighted by Crippen LogP contribution is 2.17. The van der Waals surface area contributed by atoms with Gasteiger partial charge in [-0.2, -0.15) is 0 Å². The highest BCUT2D eigenvalue weighted by atomic mass is 19.1. The fourth-order valence-electron chi connectivity index (χ4n) is 1.25. The second kappa shape index (κ2) is 4.25. The van der Waals surface area contributed by atoms with Crippen LogP contribution in [0.2, 0.25) is 0 Å². The van der Waals surface area contributed by atoms with Crippen LogP contribution < -0.4 is 11.1 Å². The van der Waals surface area contributed by atoms with Crippen molar-refractivity contribution in [2.24, 2.45) is 0 Å². The number of nitrogen functional groups attached to an aromatic ring is 1. The van der Waals surface area contributed by atoms with Crippen molar-refractivity contribution in [1.82, 2.24) is 0 Å². The molecule has 0 aliphatic rings. The summed E-state index contributed by atoms with van der Waals surface area (Å²) in [7, 11) is 0. The lowest BCUT2D eigenvalue weighted by Gasteiger charge is -2.04. The zero-order chi connectivity index (χ0) is 12.4. The van der Waals surface area contributed by atoms with Gasteiger partial charge >= 0.3 is 0 Å². The normalized spacial score (nSPS) is 10.2. The van der Waals surface area contributed by atoms with Crippen LogP contribution in [0.4, 0.5) is 20.4 Å². The molecule has 0 spiro atoms. The van der Waals surface area contributed by atoms with E-state index in [4.69, 9.17) is 10.2 Å². The van der Waals surface area contributed by atoms with Crippen LogP contribution in [0, 0.1) is 11.6 Å². The lowest BCUT2D eigenvalue weighted by Crippen LogP contribution is -2.12. The fourth-order valence-corrected chi connectivity index (χ4v) is 1.25. The number of amides is 1. The van der Waals surface area contributed by atoms with Gasteiger partial charge in [-0.25, -0.2) is 8.78 Å². The van der Waals surface area contributed by atoms with Crippen molar-refractivity contribution >= 4 is 17.5 Å². The third kappa shape index (κ3) is 2.41. The number of nitrogens with one attached hydrogen (secondary N) is 1. The second-order valence-corrected chi connectivity index (χ2v) is 3.28. The standard InChI is InChI=1S/C11H8F2N2O2/c12-6-1-2-7(13)8(5-6)15-11(16)9-3-4-10(14)17-9/h1-5H,14H2,(H,15,16). The van der Waals surface area contributed by atoms with Gasteiger partial charge < -0.3 is 15.5 Å². The minimum atomic E-state index is -0.737. The molecule has 88 valence electrons. The van der Waals surface area contributed by atoms with E-state index in [0.29, 0.717) is 0 Å². The van der Waals surface area contributed by atoms with Gasteiger partial charge in [0.15, 0.2) is 11.6 Å². The number of nitrogens with two attached hydrogens (primary N) is 1. The molecule has 0 saturated carbocycles. The molecule has 1 heterocycles. The van der Waals surface area contributed by atoms with Gasteiger partial charge in [-0.15, -0.1) is 0 Å². The fraction of sp³-hybridized carbons (Fsp3) is 0. The maximum Gasteiger partial charge on any atom is 0.291 e. The van der Waals surface area contributed by atoms with Gasteiger partial charge in [-0.3, -0.25) is 4.79 Å². The molecule has 1 aromatic carbocycles. The number of carbonyl (C=O) groups is 1. The van der Waals surface area contributed by atoms with E-state index < -0.39 is 17.5 Å². The molecule has 2 aromatic rings. The first-order chi connectivity index (χ1) is 8.06. The molecule has 0 saturated heterocycles. The summed E-state index contributed by atoms with van der Waals surface area (Å²) in [5, 5.41) is 2.18. The number of benzene rings is 1. The van der Waals surface area contributed by atoms with Crippen LogP contribution in [0.1, 0.15) is 10.6 Å². The Morgan fingerprint density at radius 3 is 2.65 bits per heavy atom. The summed E-state index contributed by atoms with van der Waals surface area (Å²) in [6.07, 6.45) is 0. The predicted molar refractivity (Wildman–Crippen MR) is 57.4 cm³/mol. The van der Waals surface area contributed by atoms with Crippen LogP contribution >= 0.6 is 0 Å². The van der Waals surface area contributed by atoms with Crippen LogP contribution in [0.3, 0.4) is 0 Å². The molecule has 0 unspecified atom stereocenters. The molecule has 17 heavy (non-hydrogen) atoms. The summed E-state index contributed by atoms with van der Waals surface area (Å²) in [6, 6.07) is 5.47. The lowest BCUT2D eigenvalue weighted by atomic mass is 10.3. The smallest absolute Gasteiger partial charge is 0.291 e. The molecule has 3 N–H and O–H groups in total. The molecule has 1 amide bonds. The Bertz CT molecular complexity index is 566. The van der Waals surface area contributed by atoms with Gasteiger partial charge in [0.25, 0.3) is 5.91 Å². The molecule has 4 nitrogen and oxygen atoms in total. The van der Waals surface area contributed by atoms with Crippen LogP contribution in [-0.4, -0.2) is 5.91 Å². The van der Waals surface area contributed by atoms with E-state index in [2.05, 4.69) is 5.32 Å². The summed E-state index contributed by atoms with van der Waals surface area (Å²) >= 11 is 0. The van der Waals surface area contributed by atoms with E-state index in [0.717, 1.165) is 18.2 Å². The number of halogens is 2. The van der Waals surface area contributed by atoms with Crippen molar-refractivity contribution < 1.29 is 18.0 Å². The van der Waals surface area contributed by atoms with Crippen LogP contribution in [-0.2, 0) is 0 Å². The largest absolute Gasteiger partial charge is 0.436 e. The van der Waals surface area contributed by atoms with Crippen molar-refractivity contribution in [1.29, 1.82) is 0 Å². The monoisotopic (exact) mass is 238 g/mol. The minimum Gasteiger partial charge on any atom is -0.436 e. The van der Waals surface area contributed by atoms with Gasteiger partial charge in [0, 0.05) is 12.1 Å². The first-order valence-corrected chi connectivity index (χ1v) is 4.68. The molecule has 2 rings (SSSR count). The van der Waals surface area contributed by atoms with E-state index in [1.807, 2.05) is 0 Å². The molecule has 0 radical (unpaired) electrons. The van der Waals surface area contributed by atoms with Crippen LogP contribution in [0.5, 0.6) is 0 Å². The molecule has 0 atom stereocenters. The maximum atomic E-state index is 13.2. The minimum absolute atomic E-state index is 0.0647. The topological polar surface area (TPSA) is 68.3 Å². The Morgan fingerprint density at radius 1 is 1.24 bits per heavy atom. The Balaban J connectivity index is 2.21. The number of hydrogen-bond acceptors (Lipinski definition) is 3. The Kier molecular flexibility index (Phi) is 2.78. The lowest BCUT2D eigenvalue weighted by molar-refractivity contribution is 0.0997. The third-order valence-electron chi connectivity index (χ3n) is 2.03. The zero-order valence-corrected chi connectivity index (χ0v) is 8.54. The van der Waals surface area contributed by atoms with Gasteiger partial charge in [0.1, 0.15) is 11.6 Å². The van der Waals surface area contributed by atoms with Gasteiger partial charge in [-0.05, 0) is 18.2 Å². The van der Waals surface area contributed by atoms with Gasteiger partial charge in [-0.1, -0.05) is 0 Å². The zero-order valence-electron chi connectivity index (χ0n) is 8.54. The molecule has 6 heteroatoms. The molecule has 0 aliphatic heterocycles. The summed E-state index contributed by atoms with van der Waals surface area (Å²) in [5.41, 5.74) is 5.02. The molecule has 0 fully saturated rings. The van der Waals surface area contributed by atoms with Gasteiger partial charge in [0.05, 0.1) is 5.69 Å². The predicted octanol–water partition coefficient (Wildman–Crippen LogP) is 2.39. The first-order valence-electron chi connectivity index (χ1n) is 4.68. The Morgan fingerprint density at radius 2 is 2.00 bits per heavy atom. The van der Waals surface area contributed by atoms with E-state index in [1.165, 1.54) is 12.1 Å². The number of hydrogen-bond donors (Lipinski definition) is 2. The van der Waals surface area contributed by atoms with Crippen molar-refractivity contribution in [3.63, 3.8) is 0 Å². The summed E-state index contributed by atoms with van der Waals surface area (Å²) in [4.78, 5) is 11.5. The Hall–Kier alpha value is -2.37.